The van der Waals surface area contributed by atoms with Crippen molar-refractivity contribution in [3.8, 4) is 11.3 Å². The fraction of sp³-hybridized carbons (Fsp3) is 0.240. The van der Waals surface area contributed by atoms with Gasteiger partial charge in [0.1, 0.15) is 5.82 Å². The molecule has 0 fully saturated rings. The molecule has 1 aromatic carbocycles. The lowest BCUT2D eigenvalue weighted by Gasteiger charge is -2.09. The van der Waals surface area contributed by atoms with E-state index in [1.165, 1.54) is 9.44 Å². The second-order valence-electron chi connectivity index (χ2n) is 8.80. The molecule has 0 unspecified atom stereocenters. The van der Waals surface area contributed by atoms with Crippen LogP contribution in [-0.4, -0.2) is 38.3 Å². The summed E-state index contributed by atoms with van der Waals surface area (Å²) in [7, 11) is 1.89. The van der Waals surface area contributed by atoms with Gasteiger partial charge in [0, 0.05) is 55.6 Å². The molecule has 182 valence electrons. The van der Waals surface area contributed by atoms with Crippen molar-refractivity contribution >= 4 is 27.5 Å². The molecule has 36 heavy (non-hydrogen) atoms. The molecular weight excluding hydrogens is 476 g/mol. The molecule has 0 aliphatic rings. The molecule has 10 nitrogen and oxygen atoms in total. The first-order valence-electron chi connectivity index (χ1n) is 11.6. The van der Waals surface area contributed by atoms with E-state index in [2.05, 4.69) is 10.1 Å². The number of hydrogen-bond acceptors (Lipinski definition) is 6. The van der Waals surface area contributed by atoms with Crippen molar-refractivity contribution in [2.45, 2.75) is 33.4 Å². The van der Waals surface area contributed by atoms with Gasteiger partial charge in [0.05, 0.1) is 11.4 Å². The lowest BCUT2D eigenvalue weighted by atomic mass is 10.1. The summed E-state index contributed by atoms with van der Waals surface area (Å²) in [6.45, 7) is 4.75. The van der Waals surface area contributed by atoms with Crippen LogP contribution in [-0.2, 0) is 26.6 Å². The van der Waals surface area contributed by atoms with Gasteiger partial charge in [-0.25, -0.2) is 14.8 Å². The van der Waals surface area contributed by atoms with Gasteiger partial charge in [-0.3, -0.25) is 23.4 Å². The summed E-state index contributed by atoms with van der Waals surface area (Å²) in [6, 6.07) is 10.1. The van der Waals surface area contributed by atoms with Gasteiger partial charge in [-0.05, 0) is 25.5 Å². The van der Waals surface area contributed by atoms with Gasteiger partial charge in [0.25, 0.3) is 5.56 Å². The van der Waals surface area contributed by atoms with E-state index in [4.69, 9.17) is 9.97 Å². The van der Waals surface area contributed by atoms with Gasteiger partial charge < -0.3 is 4.57 Å². The SMILES string of the molecule is CCn1c(=O)[nH]c(=O)c2c1nc(Cc1cn3cc(C)sc3n1)n2Cc1ccc(-c2ccn(C)n2)cc1. The molecule has 11 heteroatoms. The van der Waals surface area contributed by atoms with E-state index in [0.717, 1.165) is 27.5 Å². The van der Waals surface area contributed by atoms with Gasteiger partial charge in [0.2, 0.25) is 0 Å². The lowest BCUT2D eigenvalue weighted by Crippen LogP contribution is -2.30. The summed E-state index contributed by atoms with van der Waals surface area (Å²) in [4.78, 5) is 39.5. The zero-order valence-electron chi connectivity index (χ0n) is 20.1. The van der Waals surface area contributed by atoms with Crippen LogP contribution in [0.1, 0.15) is 28.9 Å². The van der Waals surface area contributed by atoms with Crippen LogP contribution >= 0.6 is 11.3 Å². The molecule has 0 spiro atoms. The fourth-order valence-electron chi connectivity index (χ4n) is 4.56. The molecule has 0 saturated heterocycles. The van der Waals surface area contributed by atoms with Crippen molar-refractivity contribution in [3.05, 3.63) is 91.7 Å². The molecule has 6 aromatic rings. The van der Waals surface area contributed by atoms with Gasteiger partial charge in [-0.15, -0.1) is 11.3 Å². The number of fused-ring (bicyclic) bond motifs is 2. The number of imidazole rings is 2. The predicted octanol–water partition coefficient (Wildman–Crippen LogP) is 2.96. The number of thiazole rings is 1. The zero-order valence-corrected chi connectivity index (χ0v) is 20.9. The minimum Gasteiger partial charge on any atom is -0.317 e. The Hall–Kier alpha value is -4.25. The highest BCUT2D eigenvalue weighted by molar-refractivity contribution is 7.16. The number of hydrogen-bond donors (Lipinski definition) is 1. The number of aromatic amines is 1. The Balaban J connectivity index is 1.44. The standard InChI is InChI=1S/C25H24N8O2S/c1-4-32-22-21(23(34)28-24(32)35)33(13-16-5-7-17(8-6-16)19-9-10-30(3)29-19)20(27-22)11-18-14-31-12-15(2)36-25(31)26-18/h5-10,12,14H,4,11,13H2,1-3H3,(H,28,34,35). The summed E-state index contributed by atoms with van der Waals surface area (Å²) in [6.07, 6.45) is 6.38. The first-order chi connectivity index (χ1) is 17.4. The molecule has 0 amide bonds. The number of aryl methyl sites for hydroxylation is 3. The van der Waals surface area contributed by atoms with Gasteiger partial charge >= 0.3 is 5.69 Å². The molecule has 5 heterocycles. The predicted molar refractivity (Wildman–Crippen MR) is 139 cm³/mol. The normalized spacial score (nSPS) is 11.8. The second kappa shape index (κ2) is 8.45. The molecule has 6 rings (SSSR count). The summed E-state index contributed by atoms with van der Waals surface area (Å²) >= 11 is 1.62. The number of H-pyrrole nitrogens is 1. The number of benzene rings is 1. The fourth-order valence-corrected chi connectivity index (χ4v) is 5.38. The molecule has 0 bridgehead atoms. The van der Waals surface area contributed by atoms with Crippen LogP contribution in [0.3, 0.4) is 0 Å². The third-order valence-corrected chi connectivity index (χ3v) is 7.16. The quantitative estimate of drug-likeness (QED) is 0.378. The number of rotatable bonds is 6. The Morgan fingerprint density at radius 1 is 1.03 bits per heavy atom. The number of nitrogens with one attached hydrogen (secondary N) is 1. The maximum Gasteiger partial charge on any atom is 0.330 e. The zero-order chi connectivity index (χ0) is 25.0. The maximum atomic E-state index is 13.0. The summed E-state index contributed by atoms with van der Waals surface area (Å²) < 4.78 is 7.17. The average Bonchev–Trinajstić information content (AvgIpc) is 3.59. The Bertz CT molecular complexity index is 1810. The van der Waals surface area contributed by atoms with Gasteiger partial charge in [-0.2, -0.15) is 5.10 Å². The van der Waals surface area contributed by atoms with E-state index < -0.39 is 11.2 Å². The Morgan fingerprint density at radius 3 is 2.53 bits per heavy atom. The molecule has 5 aromatic heterocycles. The highest BCUT2D eigenvalue weighted by Gasteiger charge is 2.20. The largest absolute Gasteiger partial charge is 0.330 e. The molecule has 0 radical (unpaired) electrons. The van der Waals surface area contributed by atoms with Gasteiger partial charge in [0.15, 0.2) is 16.1 Å². The first-order valence-corrected chi connectivity index (χ1v) is 12.5. The Labute approximate surface area is 209 Å². The Kier molecular flexibility index (Phi) is 5.22. The van der Waals surface area contributed by atoms with E-state index in [0.29, 0.717) is 36.5 Å². The summed E-state index contributed by atoms with van der Waals surface area (Å²) in [5.74, 6) is 0.680. The van der Waals surface area contributed by atoms with E-state index in [-0.39, 0.29) is 0 Å². The molecule has 0 saturated carbocycles. The van der Waals surface area contributed by atoms with Crippen molar-refractivity contribution in [1.82, 2.24) is 38.3 Å². The van der Waals surface area contributed by atoms with E-state index >= 15 is 0 Å². The highest BCUT2D eigenvalue weighted by atomic mass is 32.1. The van der Waals surface area contributed by atoms with E-state index in [1.807, 2.05) is 78.8 Å². The van der Waals surface area contributed by atoms with Crippen LogP contribution in [0.15, 0.2) is 58.5 Å². The topological polar surface area (TPSA) is 108 Å². The minimum atomic E-state index is -0.455. The summed E-state index contributed by atoms with van der Waals surface area (Å²) in [5, 5.41) is 4.46. The van der Waals surface area contributed by atoms with Crippen molar-refractivity contribution < 1.29 is 0 Å². The lowest BCUT2D eigenvalue weighted by molar-refractivity contribution is 0.717. The van der Waals surface area contributed by atoms with Crippen LogP contribution < -0.4 is 11.2 Å². The second-order valence-corrected chi connectivity index (χ2v) is 10.0. The number of nitrogens with zero attached hydrogens (tertiary/aromatic N) is 7. The van der Waals surface area contributed by atoms with E-state index in [1.54, 1.807) is 16.0 Å². The van der Waals surface area contributed by atoms with Crippen molar-refractivity contribution in [1.29, 1.82) is 0 Å². The third kappa shape index (κ3) is 3.77. The third-order valence-electron chi connectivity index (χ3n) is 6.25. The maximum absolute atomic E-state index is 13.0. The minimum absolute atomic E-state index is 0.386. The highest BCUT2D eigenvalue weighted by Crippen LogP contribution is 2.22. The first kappa shape index (κ1) is 22.2. The molecule has 0 atom stereocenters. The van der Waals surface area contributed by atoms with Crippen LogP contribution in [0, 0.1) is 6.92 Å². The van der Waals surface area contributed by atoms with Gasteiger partial charge in [-0.1, -0.05) is 24.3 Å². The Morgan fingerprint density at radius 2 is 1.83 bits per heavy atom. The van der Waals surface area contributed by atoms with E-state index in [9.17, 15) is 9.59 Å². The molecule has 1 N–H and O–H groups in total. The van der Waals surface area contributed by atoms with Crippen LogP contribution in [0.25, 0.3) is 27.4 Å². The van der Waals surface area contributed by atoms with Crippen molar-refractivity contribution in [3.63, 3.8) is 0 Å². The van der Waals surface area contributed by atoms with Crippen LogP contribution in [0.2, 0.25) is 0 Å². The smallest absolute Gasteiger partial charge is 0.317 e. The molecule has 0 aliphatic carbocycles. The molecular formula is C25H24N8O2S. The average molecular weight is 501 g/mol. The van der Waals surface area contributed by atoms with Crippen LogP contribution in [0.4, 0.5) is 0 Å². The van der Waals surface area contributed by atoms with Crippen molar-refractivity contribution in [2.75, 3.05) is 0 Å². The number of aromatic nitrogens is 8. The summed E-state index contributed by atoms with van der Waals surface area (Å²) in [5.41, 5.74) is 3.65. The monoisotopic (exact) mass is 500 g/mol. The molecule has 0 aliphatic heterocycles. The van der Waals surface area contributed by atoms with Crippen LogP contribution in [0.5, 0.6) is 0 Å². The van der Waals surface area contributed by atoms with Crippen molar-refractivity contribution in [2.24, 2.45) is 7.05 Å².